The molecular formula is C20H31NO5. The highest BCUT2D eigenvalue weighted by atomic mass is 16.6. The maximum Gasteiger partial charge on any atom is 0.303 e. The number of nitrogens with zero attached hydrogens (tertiary/aromatic N) is 1. The number of aliphatic hydroxyl groups is 2. The summed E-state index contributed by atoms with van der Waals surface area (Å²) in [6.45, 7) is 0.312. The van der Waals surface area contributed by atoms with Crippen LogP contribution in [0.5, 0.6) is 0 Å². The molecule has 3 fully saturated rings. The van der Waals surface area contributed by atoms with Crippen molar-refractivity contribution >= 4 is 11.7 Å². The maximum absolute atomic E-state index is 10.5. The van der Waals surface area contributed by atoms with Crippen LogP contribution in [0.25, 0.3) is 0 Å². The molecule has 0 aromatic heterocycles. The Morgan fingerprint density at radius 3 is 2.81 bits per heavy atom. The first kappa shape index (κ1) is 19.4. The summed E-state index contributed by atoms with van der Waals surface area (Å²) in [5, 5.41) is 33.6. The SMILES string of the molecule is O=C(O)CCCON=C1CC2C1CC(C=CC(O)C1CCCCC1)C2O. The van der Waals surface area contributed by atoms with E-state index < -0.39 is 12.1 Å². The Balaban J connectivity index is 1.44. The van der Waals surface area contributed by atoms with Crippen LogP contribution in [0.15, 0.2) is 17.3 Å². The van der Waals surface area contributed by atoms with Crippen molar-refractivity contribution < 1.29 is 25.0 Å². The Morgan fingerprint density at radius 1 is 1.31 bits per heavy atom. The Labute approximate surface area is 154 Å². The molecule has 3 rings (SSSR count). The Bertz CT molecular complexity index is 540. The van der Waals surface area contributed by atoms with E-state index in [4.69, 9.17) is 9.94 Å². The van der Waals surface area contributed by atoms with E-state index in [2.05, 4.69) is 5.16 Å². The lowest BCUT2D eigenvalue weighted by atomic mass is 9.73. The van der Waals surface area contributed by atoms with E-state index in [1.54, 1.807) is 0 Å². The van der Waals surface area contributed by atoms with Gasteiger partial charge in [0, 0.05) is 18.3 Å². The predicted octanol–water partition coefficient (Wildman–Crippen LogP) is 2.74. The van der Waals surface area contributed by atoms with Crippen LogP contribution in [-0.4, -0.2) is 45.8 Å². The summed E-state index contributed by atoms with van der Waals surface area (Å²) in [6.07, 6.45) is 11.2. The van der Waals surface area contributed by atoms with E-state index in [-0.39, 0.29) is 30.3 Å². The van der Waals surface area contributed by atoms with E-state index in [1.807, 2.05) is 12.2 Å². The largest absolute Gasteiger partial charge is 0.481 e. The Hall–Kier alpha value is -1.40. The molecule has 0 radical (unpaired) electrons. The second kappa shape index (κ2) is 9.00. The van der Waals surface area contributed by atoms with E-state index in [0.29, 0.717) is 18.9 Å². The van der Waals surface area contributed by atoms with Crippen molar-refractivity contribution in [3.63, 3.8) is 0 Å². The summed E-state index contributed by atoms with van der Waals surface area (Å²) < 4.78 is 0. The molecule has 6 nitrogen and oxygen atoms in total. The van der Waals surface area contributed by atoms with Crippen molar-refractivity contribution in [3.8, 4) is 0 Å². The van der Waals surface area contributed by atoms with Crippen LogP contribution < -0.4 is 0 Å². The fraction of sp³-hybridized carbons (Fsp3) is 0.800. The summed E-state index contributed by atoms with van der Waals surface area (Å²) in [4.78, 5) is 15.7. The van der Waals surface area contributed by atoms with Crippen LogP contribution in [0.1, 0.15) is 57.8 Å². The minimum Gasteiger partial charge on any atom is -0.481 e. The molecule has 3 saturated carbocycles. The van der Waals surface area contributed by atoms with Gasteiger partial charge in [0.1, 0.15) is 6.61 Å². The second-order valence-corrected chi connectivity index (χ2v) is 8.05. The van der Waals surface area contributed by atoms with Crippen molar-refractivity contribution in [2.24, 2.45) is 28.8 Å². The van der Waals surface area contributed by atoms with Crippen molar-refractivity contribution in [2.75, 3.05) is 6.61 Å². The topological polar surface area (TPSA) is 99.4 Å². The molecule has 5 atom stereocenters. The number of rotatable bonds is 8. The summed E-state index contributed by atoms with van der Waals surface area (Å²) >= 11 is 0. The van der Waals surface area contributed by atoms with Gasteiger partial charge in [0.15, 0.2) is 0 Å². The first-order valence-electron chi connectivity index (χ1n) is 10.0. The first-order valence-corrected chi connectivity index (χ1v) is 10.0. The van der Waals surface area contributed by atoms with Crippen LogP contribution >= 0.6 is 0 Å². The molecule has 0 amide bonds. The number of hydrogen-bond acceptors (Lipinski definition) is 5. The molecule has 0 saturated heterocycles. The summed E-state index contributed by atoms with van der Waals surface area (Å²) in [6, 6.07) is 0. The second-order valence-electron chi connectivity index (χ2n) is 8.05. The molecule has 6 heteroatoms. The van der Waals surface area contributed by atoms with Gasteiger partial charge < -0.3 is 20.2 Å². The van der Waals surface area contributed by atoms with Gasteiger partial charge in [-0.05, 0) is 43.9 Å². The summed E-state index contributed by atoms with van der Waals surface area (Å²) in [5.74, 6) is 0.104. The van der Waals surface area contributed by atoms with Gasteiger partial charge in [-0.3, -0.25) is 4.79 Å². The Kier molecular flexibility index (Phi) is 6.70. The van der Waals surface area contributed by atoms with Gasteiger partial charge >= 0.3 is 5.97 Å². The number of aliphatic hydroxyl groups excluding tert-OH is 2. The molecular weight excluding hydrogens is 334 g/mol. The molecule has 5 unspecified atom stereocenters. The fourth-order valence-corrected chi connectivity index (χ4v) is 4.64. The lowest BCUT2D eigenvalue weighted by molar-refractivity contribution is -0.137. The number of carbonyl (C=O) groups is 1. The summed E-state index contributed by atoms with van der Waals surface area (Å²) in [7, 11) is 0. The van der Waals surface area contributed by atoms with Gasteiger partial charge in [-0.2, -0.15) is 0 Å². The van der Waals surface area contributed by atoms with Crippen molar-refractivity contribution in [3.05, 3.63) is 12.2 Å². The molecule has 0 spiro atoms. The number of carboxylic acid groups (broad SMARTS) is 1. The highest BCUT2D eigenvalue weighted by molar-refractivity contribution is 5.93. The molecule has 0 bridgehead atoms. The van der Waals surface area contributed by atoms with Gasteiger partial charge in [-0.25, -0.2) is 0 Å². The van der Waals surface area contributed by atoms with Crippen molar-refractivity contribution in [1.82, 2.24) is 0 Å². The Morgan fingerprint density at radius 2 is 2.08 bits per heavy atom. The number of fused-ring (bicyclic) bond motifs is 1. The number of oxime groups is 1. The van der Waals surface area contributed by atoms with Crippen LogP contribution in [0.3, 0.4) is 0 Å². The highest BCUT2D eigenvalue weighted by Crippen LogP contribution is 2.48. The molecule has 3 aliphatic carbocycles. The molecule has 0 aliphatic heterocycles. The van der Waals surface area contributed by atoms with Gasteiger partial charge in [0.2, 0.25) is 0 Å². The standard InChI is InChI=1S/C20H31NO5/c22-18(13-5-2-1-3-6-13)9-8-14-11-15-16(20(14)25)12-17(15)21-26-10-4-7-19(23)24/h8-9,13-16,18,20,22,25H,1-7,10-12H2,(H,23,24). The first-order chi connectivity index (χ1) is 12.6. The maximum atomic E-state index is 10.5. The minimum atomic E-state index is -0.825. The van der Waals surface area contributed by atoms with Crippen LogP contribution in [0.2, 0.25) is 0 Å². The third kappa shape index (κ3) is 4.65. The van der Waals surface area contributed by atoms with E-state index >= 15 is 0 Å². The molecule has 26 heavy (non-hydrogen) atoms. The number of aliphatic carboxylic acids is 1. The summed E-state index contributed by atoms with van der Waals surface area (Å²) in [5.41, 5.74) is 0.980. The minimum absolute atomic E-state index is 0.0722. The van der Waals surface area contributed by atoms with Gasteiger partial charge in [0.25, 0.3) is 0 Å². The molecule has 0 aromatic carbocycles. The quantitative estimate of drug-likeness (QED) is 0.349. The highest BCUT2D eigenvalue weighted by Gasteiger charge is 2.51. The van der Waals surface area contributed by atoms with E-state index in [9.17, 15) is 15.0 Å². The molecule has 3 aliphatic rings. The molecule has 3 N–H and O–H groups in total. The average Bonchev–Trinajstić information content (AvgIpc) is 2.87. The molecule has 0 heterocycles. The van der Waals surface area contributed by atoms with Gasteiger partial charge in [-0.1, -0.05) is 36.6 Å². The van der Waals surface area contributed by atoms with Crippen LogP contribution in [-0.2, 0) is 9.63 Å². The van der Waals surface area contributed by atoms with Crippen molar-refractivity contribution in [1.29, 1.82) is 0 Å². The average molecular weight is 365 g/mol. The molecule has 0 aromatic rings. The van der Waals surface area contributed by atoms with Crippen LogP contribution in [0, 0.1) is 23.7 Å². The monoisotopic (exact) mass is 365 g/mol. The fourth-order valence-electron chi connectivity index (χ4n) is 4.64. The van der Waals surface area contributed by atoms with Gasteiger partial charge in [-0.15, -0.1) is 0 Å². The zero-order valence-electron chi connectivity index (χ0n) is 15.3. The lowest BCUT2D eigenvalue weighted by Crippen LogP contribution is -2.38. The van der Waals surface area contributed by atoms with Gasteiger partial charge in [0.05, 0.1) is 17.9 Å². The third-order valence-corrected chi connectivity index (χ3v) is 6.29. The normalized spacial score (nSPS) is 34.6. The third-order valence-electron chi connectivity index (χ3n) is 6.29. The van der Waals surface area contributed by atoms with E-state index in [0.717, 1.165) is 31.4 Å². The molecule has 146 valence electrons. The van der Waals surface area contributed by atoms with Crippen LogP contribution in [0.4, 0.5) is 0 Å². The zero-order chi connectivity index (χ0) is 18.5. The lowest BCUT2D eigenvalue weighted by Gasteiger charge is -2.33. The zero-order valence-corrected chi connectivity index (χ0v) is 15.3. The van der Waals surface area contributed by atoms with E-state index in [1.165, 1.54) is 19.3 Å². The smallest absolute Gasteiger partial charge is 0.303 e. The predicted molar refractivity (Wildman–Crippen MR) is 97.7 cm³/mol. The number of carboxylic acids is 1. The van der Waals surface area contributed by atoms with Crippen molar-refractivity contribution in [2.45, 2.75) is 70.0 Å². The number of hydrogen-bond donors (Lipinski definition) is 3.